The highest BCUT2D eigenvalue weighted by atomic mass is 79.9. The van der Waals surface area contributed by atoms with E-state index in [9.17, 15) is 14.4 Å². The summed E-state index contributed by atoms with van der Waals surface area (Å²) in [6.07, 6.45) is 6.44. The van der Waals surface area contributed by atoms with Crippen LogP contribution < -0.4 is 5.43 Å². The molecule has 3 amide bonds. The number of rotatable bonds is 2. The van der Waals surface area contributed by atoms with Crippen molar-refractivity contribution in [2.24, 2.45) is 35.5 Å². The predicted molar refractivity (Wildman–Crippen MR) is 92.8 cm³/mol. The molecule has 1 N–H and O–H groups in total. The van der Waals surface area contributed by atoms with Gasteiger partial charge in [-0.15, -0.1) is 0 Å². The van der Waals surface area contributed by atoms with Gasteiger partial charge in [-0.05, 0) is 60.8 Å². The molecule has 1 aromatic rings. The Bertz CT molecular complexity index is 818. The standard InChI is InChI=1S/C19H17BrN2O3/c20-12-4-1-9(2-5-12)17(23)21-22-18(24)15-10-3-6-13(16(15)19(22)25)14-8-11(14)7-10/h1-6,10-11,13-16H,7-8H2,(H,21,23)/t10?,11?,13?,14?,15-,16+/m1/s1. The largest absolute Gasteiger partial charge is 0.272 e. The van der Waals surface area contributed by atoms with Gasteiger partial charge in [0, 0.05) is 10.0 Å². The summed E-state index contributed by atoms with van der Waals surface area (Å²) in [7, 11) is 0. The predicted octanol–water partition coefficient (Wildman–Crippen LogP) is 2.54. The molecule has 128 valence electrons. The quantitative estimate of drug-likeness (QED) is 0.612. The van der Waals surface area contributed by atoms with Gasteiger partial charge in [-0.3, -0.25) is 19.8 Å². The Morgan fingerprint density at radius 2 is 1.76 bits per heavy atom. The number of hydrazine groups is 1. The van der Waals surface area contributed by atoms with E-state index >= 15 is 0 Å². The summed E-state index contributed by atoms with van der Waals surface area (Å²) >= 11 is 3.32. The van der Waals surface area contributed by atoms with E-state index in [4.69, 9.17) is 0 Å². The second-order valence-corrected chi connectivity index (χ2v) is 8.45. The number of hydrogen-bond donors (Lipinski definition) is 1. The molecule has 1 aromatic carbocycles. The minimum Gasteiger partial charge on any atom is -0.272 e. The van der Waals surface area contributed by atoms with Gasteiger partial charge < -0.3 is 0 Å². The highest BCUT2D eigenvalue weighted by Crippen LogP contribution is 2.60. The van der Waals surface area contributed by atoms with Gasteiger partial charge in [0.05, 0.1) is 11.8 Å². The van der Waals surface area contributed by atoms with Crippen molar-refractivity contribution in [3.05, 3.63) is 46.5 Å². The summed E-state index contributed by atoms with van der Waals surface area (Å²) in [4.78, 5) is 38.3. The lowest BCUT2D eigenvalue weighted by Gasteiger charge is -2.28. The zero-order valence-electron chi connectivity index (χ0n) is 13.4. The molecule has 2 bridgehead atoms. The lowest BCUT2D eigenvalue weighted by atomic mass is 9.71. The first-order valence-corrected chi connectivity index (χ1v) is 9.46. The van der Waals surface area contributed by atoms with Crippen LogP contribution in [0.3, 0.4) is 0 Å². The average molecular weight is 401 g/mol. The lowest BCUT2D eigenvalue weighted by Crippen LogP contribution is -2.47. The maximum atomic E-state index is 12.9. The Kier molecular flexibility index (Phi) is 3.23. The average Bonchev–Trinajstić information content (AvgIpc) is 3.34. The number of benzene rings is 1. The van der Waals surface area contributed by atoms with Crippen LogP contribution in [0.4, 0.5) is 0 Å². The zero-order chi connectivity index (χ0) is 17.3. The van der Waals surface area contributed by atoms with Crippen LogP contribution in [0.25, 0.3) is 0 Å². The maximum absolute atomic E-state index is 12.9. The molecule has 6 heteroatoms. The van der Waals surface area contributed by atoms with E-state index in [-0.39, 0.29) is 35.5 Å². The Morgan fingerprint density at radius 1 is 1.04 bits per heavy atom. The lowest BCUT2D eigenvalue weighted by molar-refractivity contribution is -0.143. The Balaban J connectivity index is 1.41. The van der Waals surface area contributed by atoms with Crippen LogP contribution in [-0.4, -0.2) is 22.7 Å². The molecular weight excluding hydrogens is 384 g/mol. The zero-order valence-corrected chi connectivity index (χ0v) is 15.0. The van der Waals surface area contributed by atoms with Crippen molar-refractivity contribution in [1.82, 2.24) is 10.4 Å². The van der Waals surface area contributed by atoms with Gasteiger partial charge in [-0.25, -0.2) is 0 Å². The van der Waals surface area contributed by atoms with Gasteiger partial charge in [0.1, 0.15) is 0 Å². The van der Waals surface area contributed by atoms with E-state index in [1.54, 1.807) is 24.3 Å². The van der Waals surface area contributed by atoms with Crippen molar-refractivity contribution in [3.63, 3.8) is 0 Å². The number of amides is 3. The van der Waals surface area contributed by atoms with Crippen LogP contribution in [0.5, 0.6) is 0 Å². The molecule has 4 aliphatic carbocycles. The fourth-order valence-electron chi connectivity index (χ4n) is 4.95. The third kappa shape index (κ3) is 2.23. The molecule has 1 saturated heterocycles. The molecule has 4 unspecified atom stereocenters. The number of carbonyl (C=O) groups is 3. The van der Waals surface area contributed by atoms with Crippen LogP contribution in [0.2, 0.25) is 0 Å². The van der Waals surface area contributed by atoms with Crippen LogP contribution in [0.1, 0.15) is 23.2 Å². The number of nitrogens with zero attached hydrogens (tertiary/aromatic N) is 1. The molecule has 5 aliphatic rings. The van der Waals surface area contributed by atoms with E-state index in [1.807, 2.05) is 0 Å². The molecular formula is C19H17BrN2O3. The van der Waals surface area contributed by atoms with E-state index in [0.29, 0.717) is 17.4 Å². The molecule has 6 atom stereocenters. The molecule has 5 nitrogen and oxygen atoms in total. The number of nitrogens with one attached hydrogen (secondary N) is 1. The molecule has 1 heterocycles. The molecule has 0 aromatic heterocycles. The summed E-state index contributed by atoms with van der Waals surface area (Å²) in [6.45, 7) is 0. The summed E-state index contributed by atoms with van der Waals surface area (Å²) in [6, 6.07) is 6.82. The van der Waals surface area contributed by atoms with Gasteiger partial charge >= 0.3 is 0 Å². The topological polar surface area (TPSA) is 66.5 Å². The van der Waals surface area contributed by atoms with E-state index in [2.05, 4.69) is 33.5 Å². The number of halogens is 1. The fourth-order valence-corrected chi connectivity index (χ4v) is 5.22. The molecule has 25 heavy (non-hydrogen) atoms. The monoisotopic (exact) mass is 400 g/mol. The maximum Gasteiger partial charge on any atom is 0.270 e. The second-order valence-electron chi connectivity index (χ2n) is 7.53. The second kappa shape index (κ2) is 5.27. The van der Waals surface area contributed by atoms with Crippen molar-refractivity contribution in [2.45, 2.75) is 12.8 Å². The van der Waals surface area contributed by atoms with Crippen LogP contribution in [-0.2, 0) is 9.59 Å². The number of carbonyl (C=O) groups excluding carboxylic acids is 3. The van der Waals surface area contributed by atoms with Crippen LogP contribution in [0.15, 0.2) is 40.9 Å². The van der Waals surface area contributed by atoms with E-state index in [1.165, 1.54) is 6.42 Å². The highest BCUT2D eigenvalue weighted by Gasteiger charge is 2.62. The van der Waals surface area contributed by atoms with Crippen LogP contribution in [0, 0.1) is 35.5 Å². The van der Waals surface area contributed by atoms with Crippen molar-refractivity contribution >= 4 is 33.7 Å². The Labute approximate surface area is 153 Å². The van der Waals surface area contributed by atoms with Crippen molar-refractivity contribution in [3.8, 4) is 0 Å². The SMILES string of the molecule is O=C(NN1C(=O)[C@@H]2C3C=CC(C4CC4C3)[C@@H]2C1=O)c1ccc(Br)cc1. The highest BCUT2D eigenvalue weighted by molar-refractivity contribution is 9.10. The molecule has 2 saturated carbocycles. The third-order valence-corrected chi connectivity index (χ3v) is 6.75. The number of allylic oxidation sites excluding steroid dienone is 2. The first kappa shape index (κ1) is 15.3. The van der Waals surface area contributed by atoms with Gasteiger partial charge in [0.15, 0.2) is 0 Å². The Hall–Kier alpha value is -1.95. The van der Waals surface area contributed by atoms with Crippen LogP contribution >= 0.6 is 15.9 Å². The molecule has 1 aliphatic heterocycles. The van der Waals surface area contributed by atoms with E-state index in [0.717, 1.165) is 15.9 Å². The smallest absolute Gasteiger partial charge is 0.270 e. The first-order chi connectivity index (χ1) is 12.0. The summed E-state index contributed by atoms with van der Waals surface area (Å²) in [5, 5.41) is 0.982. The van der Waals surface area contributed by atoms with Gasteiger partial charge in [-0.2, -0.15) is 5.01 Å². The van der Waals surface area contributed by atoms with Gasteiger partial charge in [-0.1, -0.05) is 28.1 Å². The van der Waals surface area contributed by atoms with E-state index < -0.39 is 5.91 Å². The molecule has 6 rings (SSSR count). The van der Waals surface area contributed by atoms with Crippen molar-refractivity contribution < 1.29 is 14.4 Å². The summed E-state index contributed by atoms with van der Waals surface area (Å²) in [5.41, 5.74) is 2.96. The summed E-state index contributed by atoms with van der Waals surface area (Å²) in [5.74, 6) is -0.0452. The fraction of sp³-hybridized carbons (Fsp3) is 0.421. The molecule has 0 radical (unpaired) electrons. The summed E-state index contributed by atoms with van der Waals surface area (Å²) < 4.78 is 0.862. The third-order valence-electron chi connectivity index (χ3n) is 6.22. The number of hydrogen-bond acceptors (Lipinski definition) is 3. The van der Waals surface area contributed by atoms with Crippen molar-refractivity contribution in [1.29, 1.82) is 0 Å². The Morgan fingerprint density at radius 3 is 2.52 bits per heavy atom. The van der Waals surface area contributed by atoms with Crippen molar-refractivity contribution in [2.75, 3.05) is 0 Å². The minimum atomic E-state index is -0.435. The first-order valence-electron chi connectivity index (χ1n) is 8.67. The minimum absolute atomic E-state index is 0.129. The van der Waals surface area contributed by atoms with Gasteiger partial charge in [0.25, 0.3) is 17.7 Å². The normalized spacial score (nSPS) is 37.6. The molecule has 0 spiro atoms. The molecule has 3 fully saturated rings. The van der Waals surface area contributed by atoms with Gasteiger partial charge in [0.2, 0.25) is 0 Å². The number of imide groups is 1.